The maximum Gasteiger partial charge on any atom is 0.410 e. The van der Waals surface area contributed by atoms with E-state index in [-0.39, 0.29) is 25.4 Å². The second kappa shape index (κ2) is 8.84. The summed E-state index contributed by atoms with van der Waals surface area (Å²) in [5.74, 6) is -1.20. The lowest BCUT2D eigenvalue weighted by molar-refractivity contribution is -0.142. The molecule has 1 atom stereocenters. The Labute approximate surface area is 173 Å². The number of carbonyl (C=O) groups is 2. The zero-order chi connectivity index (χ0) is 20.3. The van der Waals surface area contributed by atoms with Gasteiger partial charge in [-0.25, -0.2) is 9.59 Å². The monoisotopic (exact) mass is 421 g/mol. The van der Waals surface area contributed by atoms with Crippen LogP contribution in [0.2, 0.25) is 0 Å². The van der Waals surface area contributed by atoms with E-state index in [1.54, 1.807) is 0 Å². The fourth-order valence-electron chi connectivity index (χ4n) is 3.59. The van der Waals surface area contributed by atoms with Crippen molar-refractivity contribution in [2.45, 2.75) is 29.6 Å². The second-order valence-corrected chi connectivity index (χ2v) is 8.01. The highest BCUT2D eigenvalue weighted by Gasteiger charge is 2.31. The number of fused-ring (bicyclic) bond motifs is 3. The fraction of sp³-hybridized carbons (Fsp3) is 0.333. The minimum Gasteiger partial charge on any atom is -0.480 e. The largest absolute Gasteiger partial charge is 0.480 e. The molecule has 0 aromatic heterocycles. The number of aliphatic carboxylic acids is 1. The van der Waals surface area contributed by atoms with Gasteiger partial charge in [-0.15, -0.1) is 23.2 Å². The normalized spacial score (nSPS) is 13.7. The molecule has 0 spiro atoms. The van der Waals surface area contributed by atoms with Crippen LogP contribution in [0.5, 0.6) is 0 Å². The molecule has 1 aliphatic carbocycles. The van der Waals surface area contributed by atoms with Gasteiger partial charge in [-0.1, -0.05) is 48.5 Å². The number of carboxylic acid groups (broad SMARTS) is 1. The predicted octanol–water partition coefficient (Wildman–Crippen LogP) is 4.90. The van der Waals surface area contributed by atoms with Gasteiger partial charge in [0.1, 0.15) is 17.5 Å². The summed E-state index contributed by atoms with van der Waals surface area (Å²) in [4.78, 5) is 24.4. The van der Waals surface area contributed by atoms with Crippen LogP contribution in [-0.4, -0.2) is 46.6 Å². The number of alkyl halides is 2. The number of nitrogens with zero attached hydrogens (tertiary/aromatic N) is 1. The van der Waals surface area contributed by atoms with Crippen LogP contribution in [-0.2, 0) is 9.53 Å². The standard InChI is InChI=1S/C21H21Cl2NO4/c1-24(18(20(25)26)10-11-19(22)23)21(27)28-12-17-15-8-4-2-6-13(15)14-7-3-5-9-16(14)17/h2-9,17-19H,10-12H2,1H3,(H,25,26). The Hall–Kier alpha value is -2.24. The summed E-state index contributed by atoms with van der Waals surface area (Å²) in [6, 6.07) is 15.0. The summed E-state index contributed by atoms with van der Waals surface area (Å²) >= 11 is 11.4. The van der Waals surface area contributed by atoms with Crippen LogP contribution < -0.4 is 0 Å². The first-order valence-electron chi connectivity index (χ1n) is 8.99. The highest BCUT2D eigenvalue weighted by Crippen LogP contribution is 2.44. The smallest absolute Gasteiger partial charge is 0.410 e. The zero-order valence-electron chi connectivity index (χ0n) is 15.3. The van der Waals surface area contributed by atoms with Gasteiger partial charge in [-0.3, -0.25) is 4.90 Å². The Balaban J connectivity index is 1.71. The highest BCUT2D eigenvalue weighted by molar-refractivity contribution is 6.44. The second-order valence-electron chi connectivity index (χ2n) is 6.74. The van der Waals surface area contributed by atoms with Crippen LogP contribution >= 0.6 is 23.2 Å². The summed E-state index contributed by atoms with van der Waals surface area (Å²) in [5.41, 5.74) is 4.46. The van der Waals surface area contributed by atoms with Crippen LogP contribution in [0.15, 0.2) is 48.5 Å². The fourth-order valence-corrected chi connectivity index (χ4v) is 3.84. The average Bonchev–Trinajstić information content (AvgIpc) is 2.99. The minimum atomic E-state index is -1.12. The van der Waals surface area contributed by atoms with Gasteiger partial charge < -0.3 is 9.84 Å². The van der Waals surface area contributed by atoms with E-state index in [1.807, 2.05) is 36.4 Å². The molecule has 0 heterocycles. The number of halogens is 2. The molecular weight excluding hydrogens is 401 g/mol. The maximum atomic E-state index is 12.5. The lowest BCUT2D eigenvalue weighted by Crippen LogP contribution is -2.43. The molecule has 0 fully saturated rings. The number of likely N-dealkylation sites (N-methyl/N-ethyl adjacent to an activating group) is 1. The van der Waals surface area contributed by atoms with Gasteiger partial charge in [0.05, 0.1) is 0 Å². The Morgan fingerprint density at radius 3 is 2.07 bits per heavy atom. The number of carboxylic acids is 1. The van der Waals surface area contributed by atoms with Crippen LogP contribution in [0.1, 0.15) is 29.9 Å². The van der Waals surface area contributed by atoms with Crippen molar-refractivity contribution < 1.29 is 19.4 Å². The Morgan fingerprint density at radius 1 is 1.04 bits per heavy atom. The molecule has 28 heavy (non-hydrogen) atoms. The summed E-state index contributed by atoms with van der Waals surface area (Å²) in [6.07, 6.45) is -0.274. The van der Waals surface area contributed by atoms with Crippen molar-refractivity contribution in [1.82, 2.24) is 4.90 Å². The van der Waals surface area contributed by atoms with Gasteiger partial charge in [0.15, 0.2) is 0 Å². The Bertz CT molecular complexity index is 825. The van der Waals surface area contributed by atoms with E-state index < -0.39 is 22.9 Å². The molecule has 1 unspecified atom stereocenters. The van der Waals surface area contributed by atoms with Crippen molar-refractivity contribution in [3.8, 4) is 11.1 Å². The van der Waals surface area contributed by atoms with E-state index in [4.69, 9.17) is 27.9 Å². The molecule has 1 aliphatic rings. The van der Waals surface area contributed by atoms with Gasteiger partial charge in [0.2, 0.25) is 0 Å². The third-order valence-electron chi connectivity index (χ3n) is 5.03. The quantitative estimate of drug-likeness (QED) is 0.645. The van der Waals surface area contributed by atoms with E-state index in [0.29, 0.717) is 0 Å². The molecule has 1 N–H and O–H groups in total. The van der Waals surface area contributed by atoms with Crippen molar-refractivity contribution in [2.75, 3.05) is 13.7 Å². The van der Waals surface area contributed by atoms with Gasteiger partial charge in [-0.2, -0.15) is 0 Å². The lowest BCUT2D eigenvalue weighted by Gasteiger charge is -2.25. The number of benzene rings is 2. The highest BCUT2D eigenvalue weighted by atomic mass is 35.5. The number of hydrogen-bond acceptors (Lipinski definition) is 3. The van der Waals surface area contributed by atoms with Crippen molar-refractivity contribution in [1.29, 1.82) is 0 Å². The summed E-state index contributed by atoms with van der Waals surface area (Å²) in [7, 11) is 1.41. The molecule has 1 amide bonds. The average molecular weight is 422 g/mol. The molecule has 0 saturated carbocycles. The Morgan fingerprint density at radius 2 is 1.57 bits per heavy atom. The molecule has 0 bridgehead atoms. The van der Waals surface area contributed by atoms with Crippen molar-refractivity contribution in [2.24, 2.45) is 0 Å². The van der Waals surface area contributed by atoms with Crippen LogP contribution in [0.3, 0.4) is 0 Å². The van der Waals surface area contributed by atoms with Crippen LogP contribution in [0.4, 0.5) is 4.79 Å². The molecule has 0 saturated heterocycles. The summed E-state index contributed by atoms with van der Waals surface area (Å²) in [6.45, 7) is 0.136. The number of amides is 1. The minimum absolute atomic E-state index is 0.0805. The summed E-state index contributed by atoms with van der Waals surface area (Å²) in [5, 5.41) is 9.41. The molecule has 2 aromatic carbocycles. The third kappa shape index (κ3) is 4.26. The number of hydrogen-bond donors (Lipinski definition) is 1. The first-order valence-corrected chi connectivity index (χ1v) is 9.86. The van der Waals surface area contributed by atoms with E-state index in [0.717, 1.165) is 27.2 Å². The SMILES string of the molecule is CN(C(=O)OCC1c2ccccc2-c2ccccc21)C(CCC(Cl)Cl)C(=O)O. The molecule has 3 rings (SSSR count). The number of rotatable bonds is 7. The van der Waals surface area contributed by atoms with E-state index in [9.17, 15) is 14.7 Å². The van der Waals surface area contributed by atoms with E-state index in [2.05, 4.69) is 12.1 Å². The van der Waals surface area contributed by atoms with Gasteiger partial charge in [-0.05, 0) is 35.1 Å². The molecule has 5 nitrogen and oxygen atoms in total. The first kappa shape index (κ1) is 20.5. The number of ether oxygens (including phenoxy) is 1. The molecule has 7 heteroatoms. The van der Waals surface area contributed by atoms with Gasteiger partial charge >= 0.3 is 12.1 Å². The topological polar surface area (TPSA) is 66.8 Å². The predicted molar refractivity (Wildman–Crippen MR) is 109 cm³/mol. The maximum absolute atomic E-state index is 12.5. The molecule has 0 radical (unpaired) electrons. The van der Waals surface area contributed by atoms with Crippen molar-refractivity contribution in [3.05, 3.63) is 59.7 Å². The Kier molecular flexibility index (Phi) is 6.47. The molecule has 2 aromatic rings. The summed E-state index contributed by atoms with van der Waals surface area (Å²) < 4.78 is 5.50. The van der Waals surface area contributed by atoms with E-state index >= 15 is 0 Å². The molecular formula is C21H21Cl2NO4. The van der Waals surface area contributed by atoms with Gasteiger partial charge in [0.25, 0.3) is 0 Å². The third-order valence-corrected chi connectivity index (χ3v) is 5.47. The molecule has 148 valence electrons. The molecule has 0 aliphatic heterocycles. The first-order chi connectivity index (χ1) is 13.4. The van der Waals surface area contributed by atoms with E-state index in [1.165, 1.54) is 7.05 Å². The van der Waals surface area contributed by atoms with Crippen LogP contribution in [0, 0.1) is 0 Å². The van der Waals surface area contributed by atoms with Gasteiger partial charge in [0, 0.05) is 13.0 Å². The zero-order valence-corrected chi connectivity index (χ0v) is 16.9. The van der Waals surface area contributed by atoms with Crippen molar-refractivity contribution in [3.63, 3.8) is 0 Å². The number of carbonyl (C=O) groups excluding carboxylic acids is 1. The lowest BCUT2D eigenvalue weighted by atomic mass is 9.98. The van der Waals surface area contributed by atoms with Crippen molar-refractivity contribution >= 4 is 35.3 Å². The van der Waals surface area contributed by atoms with Crippen LogP contribution in [0.25, 0.3) is 11.1 Å².